The Morgan fingerprint density at radius 2 is 2.17 bits per heavy atom. The molecule has 1 aliphatic rings. The van der Waals surface area contributed by atoms with Crippen LogP contribution in [-0.2, 0) is 24.3 Å². The van der Waals surface area contributed by atoms with Gasteiger partial charge in [0.25, 0.3) is 5.91 Å². The van der Waals surface area contributed by atoms with E-state index in [4.69, 9.17) is 4.74 Å². The number of hydrogen-bond acceptors (Lipinski definition) is 4. The molecule has 0 fully saturated rings. The summed E-state index contributed by atoms with van der Waals surface area (Å²) in [5.74, 6) is 0.575. The topological polar surface area (TPSA) is 63.2 Å². The first-order valence-electron chi connectivity index (χ1n) is 8.31. The predicted molar refractivity (Wildman–Crippen MR) is 92.8 cm³/mol. The quantitative estimate of drug-likeness (QED) is 0.884. The maximum Gasteiger partial charge on any atom is 0.261 e. The number of ether oxygens (including phenoxy) is 1. The summed E-state index contributed by atoms with van der Waals surface area (Å²) in [4.78, 5) is 16.8. The Bertz CT molecular complexity index is 716. The average molecular weight is 325 g/mol. The van der Waals surface area contributed by atoms with Gasteiger partial charge in [-0.05, 0) is 55.6 Å². The molecule has 126 valence electrons. The molecule has 2 heterocycles. The van der Waals surface area contributed by atoms with Gasteiger partial charge in [-0.1, -0.05) is 18.2 Å². The van der Waals surface area contributed by atoms with E-state index >= 15 is 0 Å². The highest BCUT2D eigenvalue weighted by molar-refractivity contribution is 5.80. The maximum atomic E-state index is 12.3. The standard InChI is InChI=1S/C19H23N3O2/c1-13-18(17-8-9-20-10-15(17)11-21-13)12-22-19(23)14(2)24-16-6-4-3-5-7-16/h3-7,11,14,20H,8-10,12H2,1-2H3,(H,22,23). The van der Waals surface area contributed by atoms with Gasteiger partial charge in [0.15, 0.2) is 6.10 Å². The van der Waals surface area contributed by atoms with Gasteiger partial charge in [-0.25, -0.2) is 0 Å². The number of amides is 1. The van der Waals surface area contributed by atoms with Crippen LogP contribution in [0.5, 0.6) is 5.75 Å². The largest absolute Gasteiger partial charge is 0.481 e. The number of benzene rings is 1. The fraction of sp³-hybridized carbons (Fsp3) is 0.368. The molecular formula is C19H23N3O2. The summed E-state index contributed by atoms with van der Waals surface area (Å²) in [6, 6.07) is 9.39. The van der Waals surface area contributed by atoms with Crippen molar-refractivity contribution in [3.05, 3.63) is 58.9 Å². The third kappa shape index (κ3) is 3.74. The van der Waals surface area contributed by atoms with E-state index in [9.17, 15) is 4.79 Å². The maximum absolute atomic E-state index is 12.3. The lowest BCUT2D eigenvalue weighted by atomic mass is 9.96. The second-order valence-electron chi connectivity index (χ2n) is 6.04. The summed E-state index contributed by atoms with van der Waals surface area (Å²) in [5.41, 5.74) is 4.66. The first-order valence-corrected chi connectivity index (χ1v) is 8.31. The molecule has 2 aromatic rings. The van der Waals surface area contributed by atoms with Crippen LogP contribution in [0.3, 0.4) is 0 Å². The number of rotatable bonds is 5. The molecule has 1 atom stereocenters. The Balaban J connectivity index is 1.64. The molecule has 0 radical (unpaired) electrons. The minimum atomic E-state index is -0.540. The zero-order valence-corrected chi connectivity index (χ0v) is 14.1. The van der Waals surface area contributed by atoms with Crippen LogP contribution < -0.4 is 15.4 Å². The summed E-state index contributed by atoms with van der Waals surface area (Å²) >= 11 is 0. The first kappa shape index (κ1) is 16.5. The number of carbonyl (C=O) groups is 1. The van der Waals surface area contributed by atoms with Crippen molar-refractivity contribution in [2.75, 3.05) is 6.54 Å². The van der Waals surface area contributed by atoms with Gasteiger partial charge in [-0.2, -0.15) is 0 Å². The van der Waals surface area contributed by atoms with E-state index in [2.05, 4.69) is 15.6 Å². The van der Waals surface area contributed by atoms with Crippen molar-refractivity contribution in [3.63, 3.8) is 0 Å². The van der Waals surface area contributed by atoms with Crippen molar-refractivity contribution in [1.82, 2.24) is 15.6 Å². The molecule has 0 saturated heterocycles. The third-order valence-corrected chi connectivity index (χ3v) is 4.33. The summed E-state index contributed by atoms with van der Waals surface area (Å²) in [6.45, 7) is 6.05. The summed E-state index contributed by atoms with van der Waals surface area (Å²) in [5, 5.41) is 6.34. The summed E-state index contributed by atoms with van der Waals surface area (Å²) < 4.78 is 5.67. The number of carbonyl (C=O) groups excluding carboxylic acids is 1. The molecule has 5 nitrogen and oxygen atoms in total. The number of nitrogens with zero attached hydrogens (tertiary/aromatic N) is 1. The molecule has 1 unspecified atom stereocenters. The van der Waals surface area contributed by atoms with Gasteiger partial charge in [0.1, 0.15) is 5.75 Å². The van der Waals surface area contributed by atoms with Crippen LogP contribution in [0.25, 0.3) is 0 Å². The van der Waals surface area contributed by atoms with Crippen LogP contribution in [-0.4, -0.2) is 23.5 Å². The number of hydrogen-bond donors (Lipinski definition) is 2. The number of pyridine rings is 1. The molecule has 0 saturated carbocycles. The third-order valence-electron chi connectivity index (χ3n) is 4.33. The fourth-order valence-electron chi connectivity index (χ4n) is 2.95. The van der Waals surface area contributed by atoms with Crippen LogP contribution in [0.15, 0.2) is 36.5 Å². The van der Waals surface area contributed by atoms with E-state index in [0.717, 1.165) is 30.8 Å². The van der Waals surface area contributed by atoms with Crippen molar-refractivity contribution in [2.24, 2.45) is 0 Å². The molecule has 3 rings (SSSR count). The van der Waals surface area contributed by atoms with Gasteiger partial charge >= 0.3 is 0 Å². The molecule has 0 bridgehead atoms. The molecule has 1 aromatic heterocycles. The molecule has 0 aliphatic carbocycles. The smallest absolute Gasteiger partial charge is 0.261 e. The van der Waals surface area contributed by atoms with Crippen LogP contribution >= 0.6 is 0 Å². The highest BCUT2D eigenvalue weighted by atomic mass is 16.5. The predicted octanol–water partition coefficient (Wildman–Crippen LogP) is 2.12. The van der Waals surface area contributed by atoms with E-state index in [1.807, 2.05) is 43.5 Å². The van der Waals surface area contributed by atoms with Gasteiger partial charge in [-0.3, -0.25) is 9.78 Å². The van der Waals surface area contributed by atoms with Crippen molar-refractivity contribution in [2.45, 2.75) is 39.5 Å². The molecule has 24 heavy (non-hydrogen) atoms. The van der Waals surface area contributed by atoms with Crippen molar-refractivity contribution < 1.29 is 9.53 Å². The minimum absolute atomic E-state index is 0.121. The summed E-state index contributed by atoms with van der Waals surface area (Å²) in [6.07, 6.45) is 2.37. The monoisotopic (exact) mass is 325 g/mol. The van der Waals surface area contributed by atoms with Crippen LogP contribution in [0.1, 0.15) is 29.3 Å². The molecule has 1 aromatic carbocycles. The molecule has 2 N–H and O–H groups in total. The lowest BCUT2D eigenvalue weighted by Gasteiger charge is -2.22. The normalized spacial score (nSPS) is 14.6. The second kappa shape index (κ2) is 7.45. The zero-order chi connectivity index (χ0) is 16.9. The number of fused-ring (bicyclic) bond motifs is 1. The second-order valence-corrected chi connectivity index (χ2v) is 6.04. The van der Waals surface area contributed by atoms with Gasteiger partial charge < -0.3 is 15.4 Å². The average Bonchev–Trinajstić information content (AvgIpc) is 2.61. The van der Waals surface area contributed by atoms with Gasteiger partial charge in [0.05, 0.1) is 0 Å². The molecule has 0 spiro atoms. The highest BCUT2D eigenvalue weighted by Gasteiger charge is 2.18. The highest BCUT2D eigenvalue weighted by Crippen LogP contribution is 2.20. The van der Waals surface area contributed by atoms with Crippen molar-refractivity contribution in [3.8, 4) is 5.75 Å². The van der Waals surface area contributed by atoms with Gasteiger partial charge in [-0.15, -0.1) is 0 Å². The van der Waals surface area contributed by atoms with E-state index in [-0.39, 0.29) is 5.91 Å². The van der Waals surface area contributed by atoms with E-state index in [0.29, 0.717) is 12.3 Å². The molecule has 5 heteroatoms. The number of aryl methyl sites for hydroxylation is 1. The molecule has 1 aliphatic heterocycles. The van der Waals surface area contributed by atoms with Gasteiger partial charge in [0, 0.05) is 25.0 Å². The van der Waals surface area contributed by atoms with Crippen molar-refractivity contribution >= 4 is 5.91 Å². The van der Waals surface area contributed by atoms with E-state index in [1.54, 1.807) is 6.92 Å². The SMILES string of the molecule is Cc1ncc2c(c1CNC(=O)C(C)Oc1ccccc1)CCNC2. The fourth-order valence-corrected chi connectivity index (χ4v) is 2.95. The lowest BCUT2D eigenvalue weighted by Crippen LogP contribution is -2.36. The van der Waals surface area contributed by atoms with Crippen molar-refractivity contribution in [1.29, 1.82) is 0 Å². The van der Waals surface area contributed by atoms with Crippen LogP contribution in [0.2, 0.25) is 0 Å². The van der Waals surface area contributed by atoms with E-state index < -0.39 is 6.10 Å². The Morgan fingerprint density at radius 3 is 2.96 bits per heavy atom. The Kier molecular flexibility index (Phi) is 5.11. The van der Waals surface area contributed by atoms with Crippen LogP contribution in [0, 0.1) is 6.92 Å². The first-order chi connectivity index (χ1) is 11.6. The molecular weight excluding hydrogens is 302 g/mol. The number of aromatic nitrogens is 1. The van der Waals surface area contributed by atoms with Crippen LogP contribution in [0.4, 0.5) is 0 Å². The number of nitrogens with one attached hydrogen (secondary N) is 2. The molecule has 1 amide bonds. The zero-order valence-electron chi connectivity index (χ0n) is 14.1. The van der Waals surface area contributed by atoms with E-state index in [1.165, 1.54) is 11.1 Å². The number of para-hydroxylation sites is 1. The Morgan fingerprint density at radius 1 is 1.38 bits per heavy atom. The lowest BCUT2D eigenvalue weighted by molar-refractivity contribution is -0.127. The van der Waals surface area contributed by atoms with Gasteiger partial charge in [0.2, 0.25) is 0 Å². The summed E-state index contributed by atoms with van der Waals surface area (Å²) in [7, 11) is 0. The Hall–Kier alpha value is -2.40. The minimum Gasteiger partial charge on any atom is -0.481 e. The Labute approximate surface area is 142 Å².